The number of rotatable bonds is 1. The van der Waals surface area contributed by atoms with E-state index in [9.17, 15) is 5.11 Å². The molecule has 0 aromatic carbocycles. The smallest absolute Gasteiger partial charge is 0.113 e. The lowest BCUT2D eigenvalue weighted by molar-refractivity contribution is -0.0432. The summed E-state index contributed by atoms with van der Waals surface area (Å²) in [5, 5.41) is 18.1. The number of piperidine rings is 1. The van der Waals surface area contributed by atoms with Gasteiger partial charge in [0.05, 0.1) is 5.69 Å². The van der Waals surface area contributed by atoms with Crippen molar-refractivity contribution in [1.82, 2.24) is 15.1 Å². The molecule has 14 heavy (non-hydrogen) atoms. The van der Waals surface area contributed by atoms with Crippen LogP contribution in [0, 0.1) is 5.92 Å². The highest BCUT2D eigenvalue weighted by atomic mass is 16.3. The van der Waals surface area contributed by atoms with E-state index in [0.29, 0.717) is 0 Å². The Morgan fingerprint density at radius 3 is 3.07 bits per heavy atom. The topological polar surface area (TPSA) is 50.1 Å². The van der Waals surface area contributed by atoms with Crippen molar-refractivity contribution in [3.8, 4) is 0 Å². The number of nitrogens with one attached hydrogen (secondary N) is 1. The molecule has 4 nitrogen and oxygen atoms in total. The van der Waals surface area contributed by atoms with Crippen LogP contribution in [0.3, 0.4) is 0 Å². The van der Waals surface area contributed by atoms with E-state index < -0.39 is 5.60 Å². The normalized spacial score (nSPS) is 33.2. The minimum Gasteiger partial charge on any atom is -0.383 e. The van der Waals surface area contributed by atoms with E-state index >= 15 is 0 Å². The first-order valence-corrected chi connectivity index (χ1v) is 5.06. The van der Waals surface area contributed by atoms with Crippen molar-refractivity contribution in [2.45, 2.75) is 18.9 Å². The Bertz CT molecular complexity index is 323. The van der Waals surface area contributed by atoms with E-state index in [1.165, 1.54) is 0 Å². The fourth-order valence-electron chi connectivity index (χ4n) is 2.04. The van der Waals surface area contributed by atoms with Gasteiger partial charge in [0.2, 0.25) is 0 Å². The van der Waals surface area contributed by atoms with Gasteiger partial charge in [-0.05, 0) is 19.0 Å². The molecular weight excluding hydrogens is 178 g/mol. The zero-order chi connectivity index (χ0) is 10.2. The van der Waals surface area contributed by atoms with E-state index in [1.807, 2.05) is 19.3 Å². The van der Waals surface area contributed by atoms with E-state index in [4.69, 9.17) is 0 Å². The molecule has 0 radical (unpaired) electrons. The molecule has 1 aliphatic heterocycles. The van der Waals surface area contributed by atoms with Crippen LogP contribution in [0.1, 0.15) is 19.0 Å². The summed E-state index contributed by atoms with van der Waals surface area (Å²) in [6.45, 7) is 3.77. The van der Waals surface area contributed by atoms with Crippen molar-refractivity contribution in [2.75, 3.05) is 13.1 Å². The van der Waals surface area contributed by atoms with Crippen LogP contribution < -0.4 is 5.32 Å². The van der Waals surface area contributed by atoms with Gasteiger partial charge in [0.15, 0.2) is 0 Å². The van der Waals surface area contributed by atoms with E-state index in [2.05, 4.69) is 17.3 Å². The molecule has 0 spiro atoms. The van der Waals surface area contributed by atoms with Gasteiger partial charge in [-0.3, -0.25) is 4.68 Å². The minimum atomic E-state index is -0.744. The second-order valence-corrected chi connectivity index (χ2v) is 4.15. The summed E-state index contributed by atoms with van der Waals surface area (Å²) in [6.07, 6.45) is 2.62. The number of nitrogens with zero attached hydrogens (tertiary/aromatic N) is 2. The summed E-state index contributed by atoms with van der Waals surface area (Å²) in [5.41, 5.74) is 0.0565. The monoisotopic (exact) mass is 195 g/mol. The van der Waals surface area contributed by atoms with Gasteiger partial charge in [-0.2, -0.15) is 5.10 Å². The summed E-state index contributed by atoms with van der Waals surface area (Å²) >= 11 is 0. The SMILES string of the molecule is CC1CNCCC1(O)c1ccn(C)n1. The minimum absolute atomic E-state index is 0.214. The number of hydrogen-bond acceptors (Lipinski definition) is 3. The lowest BCUT2D eigenvalue weighted by Crippen LogP contribution is -2.47. The summed E-state index contributed by atoms with van der Waals surface area (Å²) in [5.74, 6) is 0.214. The molecule has 1 aromatic heterocycles. The quantitative estimate of drug-likeness (QED) is 0.675. The van der Waals surface area contributed by atoms with Crippen molar-refractivity contribution < 1.29 is 5.11 Å². The van der Waals surface area contributed by atoms with E-state index in [-0.39, 0.29) is 5.92 Å². The molecule has 2 atom stereocenters. The third-order valence-corrected chi connectivity index (χ3v) is 3.11. The lowest BCUT2D eigenvalue weighted by atomic mass is 9.80. The average molecular weight is 195 g/mol. The molecule has 4 heteroatoms. The molecule has 78 valence electrons. The molecule has 2 unspecified atom stereocenters. The first-order chi connectivity index (χ1) is 6.63. The summed E-state index contributed by atoms with van der Waals surface area (Å²) in [4.78, 5) is 0. The molecule has 2 rings (SSSR count). The number of aryl methyl sites for hydroxylation is 1. The Hall–Kier alpha value is -0.870. The van der Waals surface area contributed by atoms with Crippen LogP contribution >= 0.6 is 0 Å². The summed E-state index contributed by atoms with van der Waals surface area (Å²) in [6, 6.07) is 1.90. The maximum Gasteiger partial charge on any atom is 0.113 e. The highest BCUT2D eigenvalue weighted by Crippen LogP contribution is 2.33. The Morgan fingerprint density at radius 1 is 1.71 bits per heavy atom. The molecule has 0 aliphatic carbocycles. The van der Waals surface area contributed by atoms with Gasteiger partial charge in [-0.25, -0.2) is 0 Å². The van der Waals surface area contributed by atoms with Gasteiger partial charge in [0.25, 0.3) is 0 Å². The fourth-order valence-corrected chi connectivity index (χ4v) is 2.04. The maximum absolute atomic E-state index is 10.5. The van der Waals surface area contributed by atoms with Crippen molar-refractivity contribution in [1.29, 1.82) is 0 Å². The average Bonchev–Trinajstić information content (AvgIpc) is 2.58. The highest BCUT2D eigenvalue weighted by molar-refractivity contribution is 5.13. The number of aliphatic hydroxyl groups is 1. The molecule has 2 N–H and O–H groups in total. The second-order valence-electron chi connectivity index (χ2n) is 4.15. The molecule has 2 heterocycles. The van der Waals surface area contributed by atoms with Crippen molar-refractivity contribution in [3.05, 3.63) is 18.0 Å². The molecule has 1 saturated heterocycles. The van der Waals surface area contributed by atoms with Gasteiger partial charge in [-0.1, -0.05) is 6.92 Å². The molecule has 1 fully saturated rings. The number of hydrogen-bond donors (Lipinski definition) is 2. The van der Waals surface area contributed by atoms with Crippen molar-refractivity contribution >= 4 is 0 Å². The van der Waals surface area contributed by atoms with Crippen molar-refractivity contribution in [3.63, 3.8) is 0 Å². The van der Waals surface area contributed by atoms with Gasteiger partial charge in [0.1, 0.15) is 5.60 Å². The van der Waals surface area contributed by atoms with Crippen LogP contribution in [0.25, 0.3) is 0 Å². The lowest BCUT2D eigenvalue weighted by Gasteiger charge is -2.37. The van der Waals surface area contributed by atoms with Crippen LogP contribution in [-0.2, 0) is 12.6 Å². The Kier molecular flexibility index (Phi) is 2.33. The van der Waals surface area contributed by atoms with Gasteiger partial charge < -0.3 is 10.4 Å². The predicted molar refractivity (Wildman–Crippen MR) is 53.8 cm³/mol. The molecule has 1 aliphatic rings. The zero-order valence-electron chi connectivity index (χ0n) is 8.70. The van der Waals surface area contributed by atoms with Crippen LogP contribution in [0.5, 0.6) is 0 Å². The standard InChI is InChI=1S/C10H17N3O/c1-8-7-11-5-4-10(8,14)9-3-6-13(2)12-9/h3,6,8,11,14H,4-5,7H2,1-2H3. The van der Waals surface area contributed by atoms with Crippen LogP contribution in [0.15, 0.2) is 12.3 Å². The Morgan fingerprint density at radius 2 is 2.50 bits per heavy atom. The number of aromatic nitrogens is 2. The molecule has 1 aromatic rings. The largest absolute Gasteiger partial charge is 0.383 e. The fraction of sp³-hybridized carbons (Fsp3) is 0.700. The first kappa shape index (κ1) is 9.68. The van der Waals surface area contributed by atoms with Gasteiger partial charge >= 0.3 is 0 Å². The third kappa shape index (κ3) is 1.44. The second kappa shape index (κ2) is 3.37. The highest BCUT2D eigenvalue weighted by Gasteiger charge is 2.39. The molecular formula is C10H17N3O. The van der Waals surface area contributed by atoms with Crippen LogP contribution in [0.2, 0.25) is 0 Å². The first-order valence-electron chi connectivity index (χ1n) is 5.06. The van der Waals surface area contributed by atoms with E-state index in [1.54, 1.807) is 4.68 Å². The third-order valence-electron chi connectivity index (χ3n) is 3.11. The molecule has 0 amide bonds. The summed E-state index contributed by atoms with van der Waals surface area (Å²) in [7, 11) is 1.87. The van der Waals surface area contributed by atoms with E-state index in [0.717, 1.165) is 25.2 Å². The Labute approximate surface area is 83.9 Å². The van der Waals surface area contributed by atoms with Gasteiger partial charge in [0, 0.05) is 25.7 Å². The summed E-state index contributed by atoms with van der Waals surface area (Å²) < 4.78 is 1.74. The predicted octanol–water partition coefficient (Wildman–Crippen LogP) is 0.237. The van der Waals surface area contributed by atoms with Crippen molar-refractivity contribution in [2.24, 2.45) is 13.0 Å². The molecule has 0 saturated carbocycles. The zero-order valence-corrected chi connectivity index (χ0v) is 8.70. The van der Waals surface area contributed by atoms with Crippen LogP contribution in [0.4, 0.5) is 0 Å². The molecule has 0 bridgehead atoms. The maximum atomic E-state index is 10.5. The van der Waals surface area contributed by atoms with Gasteiger partial charge in [-0.15, -0.1) is 0 Å². The van der Waals surface area contributed by atoms with Crippen LogP contribution in [-0.4, -0.2) is 28.0 Å². The Balaban J connectivity index is 2.29.